The van der Waals surface area contributed by atoms with Gasteiger partial charge in [-0.1, -0.05) is 46.0 Å². The summed E-state index contributed by atoms with van der Waals surface area (Å²) in [4.78, 5) is 12.7. The standard InChI is InChI=1S/C19H36N2O2/c1-5-23-16-13-19(20,18(16,3)4)17(22)21-14(2)11-12-15-9-7-6-8-10-15/h14-16H,5-13,20H2,1-4H3,(H,21,22). The maximum Gasteiger partial charge on any atom is 0.241 e. The SMILES string of the molecule is CCOC1CC(N)(C(=O)NC(C)CCC2CCCCC2)C1(C)C. The van der Waals surface area contributed by atoms with Crippen LogP contribution in [0.4, 0.5) is 0 Å². The highest BCUT2D eigenvalue weighted by atomic mass is 16.5. The van der Waals surface area contributed by atoms with Crippen molar-refractivity contribution in [3.8, 4) is 0 Å². The third-order valence-corrected chi connectivity index (χ3v) is 6.35. The van der Waals surface area contributed by atoms with Crippen molar-refractivity contribution in [2.24, 2.45) is 17.1 Å². The highest BCUT2D eigenvalue weighted by molar-refractivity contribution is 5.89. The molecule has 134 valence electrons. The minimum Gasteiger partial charge on any atom is -0.378 e. The van der Waals surface area contributed by atoms with E-state index in [2.05, 4.69) is 12.2 Å². The molecule has 0 aromatic heterocycles. The Kier molecular flexibility index (Phi) is 6.12. The zero-order valence-electron chi connectivity index (χ0n) is 15.5. The number of nitrogens with one attached hydrogen (secondary N) is 1. The minimum atomic E-state index is -0.800. The Morgan fingerprint density at radius 2 is 1.96 bits per heavy atom. The van der Waals surface area contributed by atoms with Crippen molar-refractivity contribution in [1.82, 2.24) is 5.32 Å². The fraction of sp³-hybridized carbons (Fsp3) is 0.947. The average molecular weight is 325 g/mol. The molecule has 0 spiro atoms. The molecule has 2 aliphatic carbocycles. The van der Waals surface area contributed by atoms with Gasteiger partial charge in [0, 0.05) is 24.5 Å². The van der Waals surface area contributed by atoms with Crippen molar-refractivity contribution < 1.29 is 9.53 Å². The van der Waals surface area contributed by atoms with E-state index >= 15 is 0 Å². The van der Waals surface area contributed by atoms with E-state index in [9.17, 15) is 4.79 Å². The van der Waals surface area contributed by atoms with Crippen LogP contribution in [0, 0.1) is 11.3 Å². The van der Waals surface area contributed by atoms with E-state index in [1.165, 1.54) is 38.5 Å². The second kappa shape index (κ2) is 7.52. The predicted octanol–water partition coefficient (Wildman–Crippen LogP) is 3.38. The van der Waals surface area contributed by atoms with Crippen LogP contribution in [0.25, 0.3) is 0 Å². The molecule has 0 aliphatic heterocycles. The van der Waals surface area contributed by atoms with Gasteiger partial charge in [0.2, 0.25) is 5.91 Å². The molecule has 2 aliphatic rings. The third kappa shape index (κ3) is 3.90. The van der Waals surface area contributed by atoms with Gasteiger partial charge < -0.3 is 15.8 Å². The molecule has 2 saturated carbocycles. The van der Waals surface area contributed by atoms with Crippen LogP contribution in [0.5, 0.6) is 0 Å². The molecular formula is C19H36N2O2. The molecule has 0 heterocycles. The Morgan fingerprint density at radius 3 is 2.52 bits per heavy atom. The molecule has 2 fully saturated rings. The van der Waals surface area contributed by atoms with Gasteiger partial charge in [0.05, 0.1) is 6.10 Å². The van der Waals surface area contributed by atoms with E-state index in [4.69, 9.17) is 10.5 Å². The summed E-state index contributed by atoms with van der Waals surface area (Å²) in [6.07, 6.45) is 9.87. The van der Waals surface area contributed by atoms with E-state index in [0.717, 1.165) is 12.3 Å². The molecule has 3 N–H and O–H groups in total. The summed E-state index contributed by atoms with van der Waals surface area (Å²) in [6, 6.07) is 0.201. The summed E-state index contributed by atoms with van der Waals surface area (Å²) in [6.45, 7) is 8.85. The van der Waals surface area contributed by atoms with Crippen LogP contribution in [-0.4, -0.2) is 30.2 Å². The van der Waals surface area contributed by atoms with Gasteiger partial charge in [-0.25, -0.2) is 0 Å². The smallest absolute Gasteiger partial charge is 0.241 e. The molecule has 1 amide bonds. The Morgan fingerprint density at radius 1 is 1.30 bits per heavy atom. The zero-order valence-corrected chi connectivity index (χ0v) is 15.5. The molecule has 3 unspecified atom stereocenters. The molecule has 4 nitrogen and oxygen atoms in total. The highest BCUT2D eigenvalue weighted by Crippen LogP contribution is 2.49. The number of nitrogens with two attached hydrogens (primary N) is 1. The van der Waals surface area contributed by atoms with Crippen molar-refractivity contribution in [2.45, 2.75) is 96.7 Å². The predicted molar refractivity (Wildman–Crippen MR) is 94.1 cm³/mol. The number of carbonyl (C=O) groups excluding carboxylic acids is 1. The quantitative estimate of drug-likeness (QED) is 0.754. The van der Waals surface area contributed by atoms with Gasteiger partial charge in [0.1, 0.15) is 5.54 Å². The molecular weight excluding hydrogens is 288 g/mol. The zero-order chi connectivity index (χ0) is 17.1. The van der Waals surface area contributed by atoms with Crippen LogP contribution in [0.2, 0.25) is 0 Å². The average Bonchev–Trinajstić information content (AvgIpc) is 2.53. The Balaban J connectivity index is 1.79. The van der Waals surface area contributed by atoms with Crippen molar-refractivity contribution in [2.75, 3.05) is 6.61 Å². The summed E-state index contributed by atoms with van der Waals surface area (Å²) in [5.74, 6) is 0.854. The summed E-state index contributed by atoms with van der Waals surface area (Å²) >= 11 is 0. The van der Waals surface area contributed by atoms with Gasteiger partial charge >= 0.3 is 0 Å². The van der Waals surface area contributed by atoms with Gasteiger partial charge in [0.15, 0.2) is 0 Å². The maximum absolute atomic E-state index is 12.7. The van der Waals surface area contributed by atoms with Crippen molar-refractivity contribution in [3.63, 3.8) is 0 Å². The number of carbonyl (C=O) groups is 1. The first-order chi connectivity index (χ1) is 10.8. The lowest BCUT2D eigenvalue weighted by Gasteiger charge is -2.57. The number of rotatable bonds is 7. The summed E-state index contributed by atoms with van der Waals surface area (Å²) < 4.78 is 5.71. The van der Waals surface area contributed by atoms with Gasteiger partial charge in [-0.05, 0) is 32.6 Å². The molecule has 3 atom stereocenters. The molecule has 2 rings (SSSR count). The van der Waals surface area contributed by atoms with Gasteiger partial charge in [0.25, 0.3) is 0 Å². The molecule has 0 saturated heterocycles. The molecule has 0 aromatic rings. The Labute approximate surface area is 141 Å². The molecule has 0 radical (unpaired) electrons. The molecule has 23 heavy (non-hydrogen) atoms. The van der Waals surface area contributed by atoms with Crippen molar-refractivity contribution in [3.05, 3.63) is 0 Å². The summed E-state index contributed by atoms with van der Waals surface area (Å²) in [5.41, 5.74) is 5.33. The van der Waals surface area contributed by atoms with Crippen LogP contribution in [0.3, 0.4) is 0 Å². The van der Waals surface area contributed by atoms with Crippen LogP contribution in [0.15, 0.2) is 0 Å². The number of ether oxygens (including phenoxy) is 1. The lowest BCUT2D eigenvalue weighted by molar-refractivity contribution is -0.171. The van der Waals surface area contributed by atoms with E-state index in [0.29, 0.717) is 13.0 Å². The van der Waals surface area contributed by atoms with Crippen LogP contribution >= 0.6 is 0 Å². The number of amides is 1. The largest absolute Gasteiger partial charge is 0.378 e. The van der Waals surface area contributed by atoms with Gasteiger partial charge in [-0.15, -0.1) is 0 Å². The summed E-state index contributed by atoms with van der Waals surface area (Å²) in [7, 11) is 0. The first-order valence-electron chi connectivity index (χ1n) is 9.52. The van der Waals surface area contributed by atoms with E-state index in [-0.39, 0.29) is 23.5 Å². The number of hydrogen-bond acceptors (Lipinski definition) is 3. The second-order valence-electron chi connectivity index (χ2n) is 8.30. The van der Waals surface area contributed by atoms with Crippen LogP contribution in [0.1, 0.15) is 79.1 Å². The normalized spacial score (nSPS) is 32.1. The molecule has 4 heteroatoms. The molecule has 0 bridgehead atoms. The van der Waals surface area contributed by atoms with Crippen LogP contribution in [-0.2, 0) is 9.53 Å². The van der Waals surface area contributed by atoms with Crippen molar-refractivity contribution in [1.29, 1.82) is 0 Å². The first kappa shape index (κ1) is 18.7. The van der Waals surface area contributed by atoms with E-state index < -0.39 is 5.54 Å². The van der Waals surface area contributed by atoms with Crippen LogP contribution < -0.4 is 11.1 Å². The lowest BCUT2D eigenvalue weighted by atomic mass is 9.54. The third-order valence-electron chi connectivity index (χ3n) is 6.35. The topological polar surface area (TPSA) is 64.3 Å². The Bertz CT molecular complexity index is 404. The van der Waals surface area contributed by atoms with Gasteiger partial charge in [-0.2, -0.15) is 0 Å². The van der Waals surface area contributed by atoms with Crippen molar-refractivity contribution >= 4 is 5.91 Å². The second-order valence-corrected chi connectivity index (χ2v) is 8.30. The fourth-order valence-electron chi connectivity index (χ4n) is 4.21. The van der Waals surface area contributed by atoms with Gasteiger partial charge in [-0.3, -0.25) is 4.79 Å². The molecule has 0 aromatic carbocycles. The summed E-state index contributed by atoms with van der Waals surface area (Å²) in [5, 5.41) is 3.16. The highest BCUT2D eigenvalue weighted by Gasteiger charge is 2.62. The lowest BCUT2D eigenvalue weighted by Crippen LogP contribution is -2.76. The number of hydrogen-bond donors (Lipinski definition) is 2. The van der Waals surface area contributed by atoms with E-state index in [1.54, 1.807) is 0 Å². The monoisotopic (exact) mass is 324 g/mol. The van der Waals surface area contributed by atoms with E-state index in [1.807, 2.05) is 20.8 Å². The Hall–Kier alpha value is -0.610. The first-order valence-corrected chi connectivity index (χ1v) is 9.52. The maximum atomic E-state index is 12.7. The fourth-order valence-corrected chi connectivity index (χ4v) is 4.21. The minimum absolute atomic E-state index is 0.00500.